The van der Waals surface area contributed by atoms with E-state index >= 15 is 0 Å². The average molecular weight is 377 g/mol. The highest BCUT2D eigenvalue weighted by Crippen LogP contribution is 2.09. The van der Waals surface area contributed by atoms with Gasteiger partial charge in [0.1, 0.15) is 5.82 Å². The first kappa shape index (κ1) is 19.6. The molecule has 2 aromatic rings. The van der Waals surface area contributed by atoms with Gasteiger partial charge >= 0.3 is 0 Å². The molecule has 0 bridgehead atoms. The number of rotatable bonds is 8. The summed E-state index contributed by atoms with van der Waals surface area (Å²) in [6.45, 7) is 0.159. The first-order valence-corrected chi connectivity index (χ1v) is 8.38. The van der Waals surface area contributed by atoms with Gasteiger partial charge in [-0.3, -0.25) is 14.4 Å². The molecule has 0 unspecified atom stereocenters. The molecule has 0 saturated heterocycles. The number of carbonyl (C=O) groups is 3. The first-order chi connectivity index (χ1) is 12.4. The Labute approximate surface area is 155 Å². The summed E-state index contributed by atoms with van der Waals surface area (Å²) in [5.41, 5.74) is 1.24. The summed E-state index contributed by atoms with van der Waals surface area (Å²) >= 11 is 5.78. The van der Waals surface area contributed by atoms with Gasteiger partial charge in [0.05, 0.1) is 6.54 Å². The summed E-state index contributed by atoms with van der Waals surface area (Å²) in [4.78, 5) is 35.3. The predicted octanol–water partition coefficient (Wildman–Crippen LogP) is 2.87. The first-order valence-electron chi connectivity index (χ1n) is 8.00. The second-order valence-corrected chi connectivity index (χ2v) is 6.05. The number of hydrogen-bond acceptors (Lipinski definition) is 3. The molecule has 2 aromatic carbocycles. The van der Waals surface area contributed by atoms with Gasteiger partial charge in [-0.1, -0.05) is 23.7 Å². The number of ketones is 1. The molecule has 0 aliphatic carbocycles. The minimum atomic E-state index is -0.427. The van der Waals surface area contributed by atoms with Crippen LogP contribution in [0.25, 0.3) is 0 Å². The van der Waals surface area contributed by atoms with Gasteiger partial charge in [0.25, 0.3) is 0 Å². The quantitative estimate of drug-likeness (QED) is 0.695. The number of hydrogen-bond donors (Lipinski definition) is 2. The lowest BCUT2D eigenvalue weighted by Crippen LogP contribution is -2.36. The molecular weight excluding hydrogens is 359 g/mol. The maximum absolute atomic E-state index is 12.8. The van der Waals surface area contributed by atoms with Gasteiger partial charge in [-0.25, -0.2) is 4.39 Å². The van der Waals surface area contributed by atoms with E-state index in [9.17, 15) is 18.8 Å². The van der Waals surface area contributed by atoms with Crippen LogP contribution in [0.1, 0.15) is 28.8 Å². The second-order valence-electron chi connectivity index (χ2n) is 5.61. The molecule has 0 saturated carbocycles. The topological polar surface area (TPSA) is 75.3 Å². The molecule has 0 heterocycles. The second kappa shape index (κ2) is 9.68. The molecule has 0 atom stereocenters. The lowest BCUT2D eigenvalue weighted by molar-refractivity contribution is -0.126. The Hall–Kier alpha value is -2.73. The molecule has 136 valence electrons. The fraction of sp³-hybridized carbons (Fsp3) is 0.211. The van der Waals surface area contributed by atoms with Crippen LogP contribution in [0, 0.1) is 5.82 Å². The Morgan fingerprint density at radius 2 is 1.50 bits per heavy atom. The van der Waals surface area contributed by atoms with E-state index in [-0.39, 0.29) is 31.1 Å². The third-order valence-corrected chi connectivity index (χ3v) is 3.85. The Morgan fingerprint density at radius 1 is 0.846 bits per heavy atom. The SMILES string of the molecule is O=C(CCC(=O)c1ccc(F)cc1)NCC(=O)NCc1ccc(Cl)cc1. The maximum atomic E-state index is 12.8. The van der Waals surface area contributed by atoms with Gasteiger partial charge in [-0.2, -0.15) is 0 Å². The third-order valence-electron chi connectivity index (χ3n) is 3.59. The lowest BCUT2D eigenvalue weighted by Gasteiger charge is -2.07. The summed E-state index contributed by atoms with van der Waals surface area (Å²) in [6.07, 6.45) is -0.0511. The Kier molecular flexibility index (Phi) is 7.29. The summed E-state index contributed by atoms with van der Waals surface area (Å²) in [7, 11) is 0. The fourth-order valence-electron chi connectivity index (χ4n) is 2.14. The van der Waals surface area contributed by atoms with Gasteiger partial charge in [0.2, 0.25) is 11.8 Å². The number of halogens is 2. The molecule has 5 nitrogen and oxygen atoms in total. The van der Waals surface area contributed by atoms with E-state index in [2.05, 4.69) is 10.6 Å². The summed E-state index contributed by atoms with van der Waals surface area (Å²) in [5.74, 6) is -1.42. The monoisotopic (exact) mass is 376 g/mol. The number of carbonyl (C=O) groups excluding carboxylic acids is 3. The minimum Gasteiger partial charge on any atom is -0.350 e. The van der Waals surface area contributed by atoms with Crippen molar-refractivity contribution in [2.45, 2.75) is 19.4 Å². The van der Waals surface area contributed by atoms with Gasteiger partial charge in [0, 0.05) is 30.0 Å². The van der Waals surface area contributed by atoms with Crippen molar-refractivity contribution in [3.8, 4) is 0 Å². The largest absolute Gasteiger partial charge is 0.350 e. The maximum Gasteiger partial charge on any atom is 0.239 e. The van der Waals surface area contributed by atoms with Crippen molar-refractivity contribution in [1.29, 1.82) is 0 Å². The molecule has 0 spiro atoms. The van der Waals surface area contributed by atoms with Crippen LogP contribution in [0.4, 0.5) is 4.39 Å². The molecule has 7 heteroatoms. The van der Waals surface area contributed by atoms with Crippen molar-refractivity contribution >= 4 is 29.2 Å². The molecule has 0 aliphatic heterocycles. The zero-order chi connectivity index (χ0) is 18.9. The van der Waals surface area contributed by atoms with Crippen LogP contribution in [-0.2, 0) is 16.1 Å². The number of nitrogens with one attached hydrogen (secondary N) is 2. The molecule has 2 N–H and O–H groups in total. The zero-order valence-corrected chi connectivity index (χ0v) is 14.7. The average Bonchev–Trinajstić information content (AvgIpc) is 2.64. The van der Waals surface area contributed by atoms with Crippen LogP contribution in [0.2, 0.25) is 5.02 Å². The van der Waals surface area contributed by atoms with Crippen molar-refractivity contribution in [3.05, 3.63) is 70.5 Å². The lowest BCUT2D eigenvalue weighted by atomic mass is 10.1. The van der Waals surface area contributed by atoms with E-state index in [0.29, 0.717) is 17.1 Å². The normalized spacial score (nSPS) is 10.2. The highest BCUT2D eigenvalue weighted by Gasteiger charge is 2.10. The third kappa shape index (κ3) is 6.64. The summed E-state index contributed by atoms with van der Waals surface area (Å²) < 4.78 is 12.8. The van der Waals surface area contributed by atoms with E-state index in [1.807, 2.05) is 0 Å². The molecule has 0 radical (unpaired) electrons. The molecule has 26 heavy (non-hydrogen) atoms. The van der Waals surface area contributed by atoms with Gasteiger partial charge in [0.15, 0.2) is 5.78 Å². The van der Waals surface area contributed by atoms with Crippen molar-refractivity contribution in [1.82, 2.24) is 10.6 Å². The van der Waals surface area contributed by atoms with E-state index < -0.39 is 11.7 Å². The predicted molar refractivity (Wildman–Crippen MR) is 96.3 cm³/mol. The zero-order valence-electron chi connectivity index (χ0n) is 13.9. The van der Waals surface area contributed by atoms with Crippen LogP contribution in [0.3, 0.4) is 0 Å². The molecule has 0 aliphatic rings. The van der Waals surface area contributed by atoms with Crippen LogP contribution in [-0.4, -0.2) is 24.1 Å². The standard InChI is InChI=1S/C19H18ClFN2O3/c20-15-5-1-13(2-6-15)11-22-19(26)12-23-18(25)10-9-17(24)14-3-7-16(21)8-4-14/h1-8H,9-12H2,(H,22,26)(H,23,25). The van der Waals surface area contributed by atoms with Gasteiger partial charge in [-0.05, 0) is 42.0 Å². The van der Waals surface area contributed by atoms with E-state index in [4.69, 9.17) is 11.6 Å². The minimum absolute atomic E-state index is 0.0101. The fourth-order valence-corrected chi connectivity index (χ4v) is 2.27. The Morgan fingerprint density at radius 3 is 2.15 bits per heavy atom. The van der Waals surface area contributed by atoms with E-state index in [0.717, 1.165) is 5.56 Å². The van der Waals surface area contributed by atoms with Crippen molar-refractivity contribution in [2.75, 3.05) is 6.54 Å². The van der Waals surface area contributed by atoms with Gasteiger partial charge in [-0.15, -0.1) is 0 Å². The number of amides is 2. The summed E-state index contributed by atoms with van der Waals surface area (Å²) in [5, 5.41) is 5.74. The Balaban J connectivity index is 1.66. The highest BCUT2D eigenvalue weighted by atomic mass is 35.5. The smallest absolute Gasteiger partial charge is 0.239 e. The van der Waals surface area contributed by atoms with Crippen LogP contribution >= 0.6 is 11.6 Å². The van der Waals surface area contributed by atoms with E-state index in [1.54, 1.807) is 24.3 Å². The molecule has 0 aromatic heterocycles. The molecule has 2 amide bonds. The molecule has 0 fully saturated rings. The van der Waals surface area contributed by atoms with Crippen LogP contribution in [0.15, 0.2) is 48.5 Å². The van der Waals surface area contributed by atoms with Crippen LogP contribution < -0.4 is 10.6 Å². The highest BCUT2D eigenvalue weighted by molar-refractivity contribution is 6.30. The van der Waals surface area contributed by atoms with Crippen LogP contribution in [0.5, 0.6) is 0 Å². The Bertz CT molecular complexity index is 776. The van der Waals surface area contributed by atoms with Crippen molar-refractivity contribution in [3.63, 3.8) is 0 Å². The van der Waals surface area contributed by atoms with Crippen molar-refractivity contribution in [2.24, 2.45) is 0 Å². The van der Waals surface area contributed by atoms with Crippen molar-refractivity contribution < 1.29 is 18.8 Å². The summed E-state index contributed by atoms with van der Waals surface area (Å²) in [6, 6.07) is 12.2. The molecular formula is C19H18ClFN2O3. The molecule has 2 rings (SSSR count). The number of benzene rings is 2. The van der Waals surface area contributed by atoms with E-state index in [1.165, 1.54) is 24.3 Å². The van der Waals surface area contributed by atoms with Gasteiger partial charge < -0.3 is 10.6 Å². The number of Topliss-reactive ketones (excluding diaryl/α,β-unsaturated/α-hetero) is 1.